The van der Waals surface area contributed by atoms with Gasteiger partial charge in [-0.3, -0.25) is 0 Å². The quantitative estimate of drug-likeness (QED) is 0.852. The molecule has 6 heteroatoms. The Morgan fingerprint density at radius 2 is 2.06 bits per heavy atom. The van der Waals surface area contributed by atoms with Gasteiger partial charge in [0.2, 0.25) is 10.0 Å². The number of rotatable bonds is 5. The van der Waals surface area contributed by atoms with Gasteiger partial charge in [-0.05, 0) is 44.8 Å². The maximum Gasteiger partial charge on any atom is 0.240 e. The summed E-state index contributed by atoms with van der Waals surface area (Å²) in [5.41, 5.74) is 1.03. The molecule has 0 radical (unpaired) electrons. The normalized spacial score (nSPS) is 11.5. The summed E-state index contributed by atoms with van der Waals surface area (Å²) >= 11 is 0. The molecule has 0 aliphatic carbocycles. The molecule has 0 heterocycles. The molecule has 1 rings (SSSR count). The van der Waals surface area contributed by atoms with Gasteiger partial charge in [-0.15, -0.1) is 0 Å². The number of likely N-dealkylation sites (N-methyl/N-ethyl adjacent to an activating group) is 1. The van der Waals surface area contributed by atoms with E-state index in [0.29, 0.717) is 24.2 Å². The molecule has 0 amide bonds. The lowest BCUT2D eigenvalue weighted by Crippen LogP contribution is -2.31. The summed E-state index contributed by atoms with van der Waals surface area (Å²) in [7, 11) is 0.255. The van der Waals surface area contributed by atoms with Crippen molar-refractivity contribution in [2.75, 3.05) is 27.2 Å². The fraction of sp³-hybridized carbons (Fsp3) is 0.417. The van der Waals surface area contributed by atoms with Crippen LogP contribution in [0.25, 0.3) is 0 Å². The van der Waals surface area contributed by atoms with Crippen molar-refractivity contribution in [3.05, 3.63) is 29.3 Å². The van der Waals surface area contributed by atoms with Crippen LogP contribution in [0.15, 0.2) is 23.1 Å². The molecule has 0 aliphatic heterocycles. The van der Waals surface area contributed by atoms with E-state index in [1.165, 1.54) is 12.1 Å². The molecule has 0 aliphatic rings. The van der Waals surface area contributed by atoms with Gasteiger partial charge in [-0.1, -0.05) is 0 Å². The highest BCUT2D eigenvalue weighted by Crippen LogP contribution is 2.16. The summed E-state index contributed by atoms with van der Waals surface area (Å²) in [5.74, 6) is 0. The summed E-state index contributed by atoms with van der Waals surface area (Å²) < 4.78 is 26.6. The van der Waals surface area contributed by atoms with E-state index in [1.54, 1.807) is 13.0 Å². The first-order valence-electron chi connectivity index (χ1n) is 5.52. The van der Waals surface area contributed by atoms with Crippen LogP contribution in [0.5, 0.6) is 0 Å². The van der Waals surface area contributed by atoms with E-state index in [2.05, 4.69) is 4.72 Å². The molecule has 0 fully saturated rings. The lowest BCUT2D eigenvalue weighted by Gasteiger charge is -2.12. The molecule has 0 saturated carbocycles. The number of hydrogen-bond acceptors (Lipinski definition) is 4. The van der Waals surface area contributed by atoms with Crippen molar-refractivity contribution in [3.63, 3.8) is 0 Å². The molecule has 5 nitrogen and oxygen atoms in total. The predicted octanol–water partition coefficient (Wildman–Crippen LogP) is 0.707. The molecule has 0 spiro atoms. The summed E-state index contributed by atoms with van der Waals surface area (Å²) in [6, 6.07) is 6.52. The molecule has 0 bridgehead atoms. The Labute approximate surface area is 108 Å². The van der Waals surface area contributed by atoms with Crippen molar-refractivity contribution >= 4 is 10.0 Å². The van der Waals surface area contributed by atoms with E-state index < -0.39 is 10.0 Å². The van der Waals surface area contributed by atoms with E-state index in [1.807, 2.05) is 25.1 Å². The van der Waals surface area contributed by atoms with Gasteiger partial charge in [0, 0.05) is 13.1 Å². The standard InChI is InChI=1S/C12H17N3O2S/c1-10-8-11(9-13)4-5-12(10)18(16,17)14-6-7-15(2)3/h4-5,8,14H,6-7H2,1-3H3. The second-order valence-electron chi connectivity index (χ2n) is 4.29. The van der Waals surface area contributed by atoms with Crippen LogP contribution in [-0.2, 0) is 10.0 Å². The second-order valence-corrected chi connectivity index (χ2v) is 6.03. The average molecular weight is 267 g/mol. The van der Waals surface area contributed by atoms with E-state index in [-0.39, 0.29) is 4.90 Å². The smallest absolute Gasteiger partial charge is 0.240 e. The number of sulfonamides is 1. The van der Waals surface area contributed by atoms with Gasteiger partial charge in [-0.2, -0.15) is 5.26 Å². The molecule has 0 saturated heterocycles. The van der Waals surface area contributed by atoms with Gasteiger partial charge >= 0.3 is 0 Å². The Balaban J connectivity index is 2.89. The van der Waals surface area contributed by atoms with Crippen LogP contribution in [0.4, 0.5) is 0 Å². The summed E-state index contributed by atoms with van der Waals surface area (Å²) in [6.07, 6.45) is 0. The number of nitrogens with one attached hydrogen (secondary N) is 1. The third-order valence-electron chi connectivity index (χ3n) is 2.44. The minimum Gasteiger partial charge on any atom is -0.308 e. The number of hydrogen-bond donors (Lipinski definition) is 1. The Morgan fingerprint density at radius 1 is 1.39 bits per heavy atom. The zero-order valence-corrected chi connectivity index (χ0v) is 11.6. The van der Waals surface area contributed by atoms with E-state index in [9.17, 15) is 8.42 Å². The minimum absolute atomic E-state index is 0.222. The van der Waals surface area contributed by atoms with Crippen molar-refractivity contribution in [1.82, 2.24) is 9.62 Å². The van der Waals surface area contributed by atoms with Crippen LogP contribution in [-0.4, -0.2) is 40.5 Å². The highest BCUT2D eigenvalue weighted by atomic mass is 32.2. The number of benzene rings is 1. The number of aryl methyl sites for hydroxylation is 1. The Kier molecular flexibility index (Phi) is 4.84. The summed E-state index contributed by atoms with van der Waals surface area (Å²) in [6.45, 7) is 2.67. The van der Waals surface area contributed by atoms with Gasteiger partial charge in [0.1, 0.15) is 0 Å². The first kappa shape index (κ1) is 14.6. The summed E-state index contributed by atoms with van der Waals surface area (Å²) in [4.78, 5) is 2.12. The Morgan fingerprint density at radius 3 is 2.56 bits per heavy atom. The molecule has 0 aromatic heterocycles. The molecule has 18 heavy (non-hydrogen) atoms. The zero-order valence-electron chi connectivity index (χ0n) is 10.8. The molecular weight excluding hydrogens is 250 g/mol. The molecule has 1 N–H and O–H groups in total. The van der Waals surface area contributed by atoms with Crippen molar-refractivity contribution in [3.8, 4) is 6.07 Å². The van der Waals surface area contributed by atoms with Crippen LogP contribution in [0.1, 0.15) is 11.1 Å². The highest BCUT2D eigenvalue weighted by molar-refractivity contribution is 7.89. The van der Waals surface area contributed by atoms with Crippen LogP contribution >= 0.6 is 0 Å². The predicted molar refractivity (Wildman–Crippen MR) is 69.6 cm³/mol. The van der Waals surface area contributed by atoms with Crippen molar-refractivity contribution < 1.29 is 8.42 Å². The van der Waals surface area contributed by atoms with Gasteiger partial charge in [-0.25, -0.2) is 13.1 Å². The zero-order chi connectivity index (χ0) is 13.8. The SMILES string of the molecule is Cc1cc(C#N)ccc1S(=O)(=O)NCCN(C)C. The lowest BCUT2D eigenvalue weighted by molar-refractivity contribution is 0.412. The maximum absolute atomic E-state index is 12.0. The fourth-order valence-corrected chi connectivity index (χ4v) is 2.75. The van der Waals surface area contributed by atoms with Crippen LogP contribution in [0.3, 0.4) is 0 Å². The van der Waals surface area contributed by atoms with Crippen LogP contribution < -0.4 is 4.72 Å². The van der Waals surface area contributed by atoms with Gasteiger partial charge in [0.05, 0.1) is 16.5 Å². The van der Waals surface area contributed by atoms with Crippen LogP contribution in [0.2, 0.25) is 0 Å². The van der Waals surface area contributed by atoms with E-state index >= 15 is 0 Å². The van der Waals surface area contributed by atoms with Crippen molar-refractivity contribution in [2.24, 2.45) is 0 Å². The van der Waals surface area contributed by atoms with E-state index in [0.717, 1.165) is 0 Å². The average Bonchev–Trinajstić information content (AvgIpc) is 2.27. The molecule has 0 unspecified atom stereocenters. The summed E-state index contributed by atoms with van der Waals surface area (Å²) in [5, 5.41) is 8.74. The molecule has 1 aromatic carbocycles. The topological polar surface area (TPSA) is 73.2 Å². The van der Waals surface area contributed by atoms with E-state index in [4.69, 9.17) is 5.26 Å². The number of nitriles is 1. The third kappa shape index (κ3) is 3.81. The monoisotopic (exact) mass is 267 g/mol. The molecule has 1 aromatic rings. The fourth-order valence-electron chi connectivity index (χ4n) is 1.50. The Hall–Kier alpha value is -1.42. The molecule has 0 atom stereocenters. The van der Waals surface area contributed by atoms with Gasteiger partial charge in [0.15, 0.2) is 0 Å². The molecule has 98 valence electrons. The maximum atomic E-state index is 12.0. The second kappa shape index (κ2) is 5.96. The first-order valence-corrected chi connectivity index (χ1v) is 7.00. The first-order chi connectivity index (χ1) is 8.36. The largest absolute Gasteiger partial charge is 0.308 e. The van der Waals surface area contributed by atoms with Crippen molar-refractivity contribution in [1.29, 1.82) is 5.26 Å². The Bertz CT molecular complexity index is 559. The van der Waals surface area contributed by atoms with Crippen LogP contribution in [0, 0.1) is 18.3 Å². The lowest BCUT2D eigenvalue weighted by atomic mass is 10.2. The highest BCUT2D eigenvalue weighted by Gasteiger charge is 2.16. The van der Waals surface area contributed by atoms with Gasteiger partial charge < -0.3 is 4.90 Å². The molecular formula is C12H17N3O2S. The van der Waals surface area contributed by atoms with Crippen molar-refractivity contribution in [2.45, 2.75) is 11.8 Å². The minimum atomic E-state index is -3.50. The number of nitrogens with zero attached hydrogens (tertiary/aromatic N) is 2. The third-order valence-corrected chi connectivity index (χ3v) is 4.07. The van der Waals surface area contributed by atoms with Gasteiger partial charge in [0.25, 0.3) is 0 Å².